The minimum absolute atomic E-state index is 0.129. The molecule has 0 fully saturated rings. The van der Waals surface area contributed by atoms with E-state index in [2.05, 4.69) is 12.1 Å². The van der Waals surface area contributed by atoms with Crippen LogP contribution in [0.5, 0.6) is 0 Å². The molecule has 0 unspecified atom stereocenters. The van der Waals surface area contributed by atoms with Crippen molar-refractivity contribution in [1.29, 1.82) is 0 Å². The highest BCUT2D eigenvalue weighted by atomic mass is 16.1. The Bertz CT molecular complexity index is 423. The number of allylic oxidation sites excluding steroid dienone is 2. The smallest absolute Gasteiger partial charge is 0.185 e. The maximum absolute atomic E-state index is 11.8. The molecule has 1 aliphatic carbocycles. The second kappa shape index (κ2) is 4.01. The number of carbonyl (C=O) groups is 1. The van der Waals surface area contributed by atoms with Crippen LogP contribution >= 0.6 is 0 Å². The van der Waals surface area contributed by atoms with Crippen molar-refractivity contribution in [2.75, 3.05) is 0 Å². The topological polar surface area (TPSA) is 17.1 Å². The summed E-state index contributed by atoms with van der Waals surface area (Å²) in [5.41, 5.74) is 4.67. The van der Waals surface area contributed by atoms with Gasteiger partial charge in [-0.15, -0.1) is 0 Å². The minimum Gasteiger partial charge on any atom is -0.289 e. The third-order valence-electron chi connectivity index (χ3n) is 2.80. The SMILES string of the molecule is CC(C)=CC(=O)c1ccc2c(c1)CCC2. The molecule has 0 saturated heterocycles. The third-order valence-corrected chi connectivity index (χ3v) is 2.80. The molecular formula is C14H16O. The molecule has 1 nitrogen and oxygen atoms in total. The van der Waals surface area contributed by atoms with Gasteiger partial charge >= 0.3 is 0 Å². The van der Waals surface area contributed by atoms with Gasteiger partial charge in [0.25, 0.3) is 0 Å². The first-order valence-electron chi connectivity index (χ1n) is 5.48. The highest BCUT2D eigenvalue weighted by molar-refractivity contribution is 6.05. The molecule has 0 saturated carbocycles. The molecule has 2 rings (SSSR count). The van der Waals surface area contributed by atoms with Crippen molar-refractivity contribution < 1.29 is 4.79 Å². The summed E-state index contributed by atoms with van der Waals surface area (Å²) < 4.78 is 0. The molecule has 0 aromatic heterocycles. The molecule has 15 heavy (non-hydrogen) atoms. The molecular weight excluding hydrogens is 184 g/mol. The maximum atomic E-state index is 11.8. The van der Waals surface area contributed by atoms with Crippen molar-refractivity contribution in [3.63, 3.8) is 0 Å². The summed E-state index contributed by atoms with van der Waals surface area (Å²) in [5, 5.41) is 0. The lowest BCUT2D eigenvalue weighted by Gasteiger charge is -2.01. The van der Waals surface area contributed by atoms with Crippen LogP contribution in [0.3, 0.4) is 0 Å². The van der Waals surface area contributed by atoms with Crippen molar-refractivity contribution in [2.45, 2.75) is 33.1 Å². The first kappa shape index (κ1) is 10.2. The standard InChI is InChI=1S/C14H16O/c1-10(2)8-14(15)13-7-6-11-4-3-5-12(11)9-13/h6-9H,3-5H2,1-2H3. The van der Waals surface area contributed by atoms with Gasteiger partial charge < -0.3 is 0 Å². The van der Waals surface area contributed by atoms with Gasteiger partial charge in [-0.05, 0) is 56.4 Å². The highest BCUT2D eigenvalue weighted by Gasteiger charge is 2.12. The molecule has 0 radical (unpaired) electrons. The van der Waals surface area contributed by atoms with Gasteiger partial charge in [-0.2, -0.15) is 0 Å². The van der Waals surface area contributed by atoms with Crippen LogP contribution in [0.1, 0.15) is 41.8 Å². The monoisotopic (exact) mass is 200 g/mol. The number of hydrogen-bond acceptors (Lipinski definition) is 1. The predicted molar refractivity (Wildman–Crippen MR) is 62.2 cm³/mol. The fourth-order valence-corrected chi connectivity index (χ4v) is 2.07. The fraction of sp³-hybridized carbons (Fsp3) is 0.357. The average molecular weight is 200 g/mol. The van der Waals surface area contributed by atoms with E-state index in [4.69, 9.17) is 0 Å². The van der Waals surface area contributed by atoms with Gasteiger partial charge in [0.05, 0.1) is 0 Å². The van der Waals surface area contributed by atoms with E-state index in [-0.39, 0.29) is 5.78 Å². The predicted octanol–water partition coefficient (Wildman–Crippen LogP) is 3.32. The van der Waals surface area contributed by atoms with Crippen LogP contribution in [0.15, 0.2) is 29.8 Å². The fourth-order valence-electron chi connectivity index (χ4n) is 2.07. The molecule has 1 heteroatoms. The summed E-state index contributed by atoms with van der Waals surface area (Å²) in [6, 6.07) is 6.12. The van der Waals surface area contributed by atoms with Gasteiger partial charge in [0.2, 0.25) is 0 Å². The highest BCUT2D eigenvalue weighted by Crippen LogP contribution is 2.23. The largest absolute Gasteiger partial charge is 0.289 e. The Morgan fingerprint density at radius 2 is 1.93 bits per heavy atom. The van der Waals surface area contributed by atoms with Gasteiger partial charge in [-0.25, -0.2) is 0 Å². The van der Waals surface area contributed by atoms with Gasteiger partial charge in [0.15, 0.2) is 5.78 Å². The summed E-state index contributed by atoms with van der Waals surface area (Å²) in [6.07, 6.45) is 5.24. The second-order valence-electron chi connectivity index (χ2n) is 4.42. The molecule has 0 amide bonds. The van der Waals surface area contributed by atoms with E-state index in [0.717, 1.165) is 17.6 Å². The first-order chi connectivity index (χ1) is 7.16. The Balaban J connectivity index is 2.31. The lowest BCUT2D eigenvalue weighted by molar-refractivity contribution is 0.104. The maximum Gasteiger partial charge on any atom is 0.185 e. The molecule has 0 N–H and O–H groups in total. The molecule has 1 aliphatic rings. The summed E-state index contributed by atoms with van der Waals surface area (Å²) in [7, 11) is 0. The summed E-state index contributed by atoms with van der Waals surface area (Å²) in [4.78, 5) is 11.8. The van der Waals surface area contributed by atoms with Crippen molar-refractivity contribution in [3.05, 3.63) is 46.5 Å². The number of carbonyl (C=O) groups excluding carboxylic acids is 1. The van der Waals surface area contributed by atoms with E-state index in [0.29, 0.717) is 0 Å². The quantitative estimate of drug-likeness (QED) is 0.528. The third kappa shape index (κ3) is 2.17. The van der Waals surface area contributed by atoms with E-state index in [1.165, 1.54) is 24.0 Å². The summed E-state index contributed by atoms with van der Waals surface area (Å²) in [5.74, 6) is 0.129. The van der Waals surface area contributed by atoms with Gasteiger partial charge in [-0.3, -0.25) is 4.79 Å². The lowest BCUT2D eigenvalue weighted by Crippen LogP contribution is -1.96. The number of hydrogen-bond donors (Lipinski definition) is 0. The molecule has 78 valence electrons. The second-order valence-corrected chi connectivity index (χ2v) is 4.42. The zero-order valence-electron chi connectivity index (χ0n) is 9.34. The van der Waals surface area contributed by atoms with Crippen molar-refractivity contribution in [1.82, 2.24) is 0 Å². The zero-order chi connectivity index (χ0) is 10.8. The number of benzene rings is 1. The van der Waals surface area contributed by atoms with E-state index in [9.17, 15) is 4.79 Å². The Hall–Kier alpha value is -1.37. The molecule has 0 heterocycles. The minimum atomic E-state index is 0.129. The Kier molecular flexibility index (Phi) is 2.72. The molecule has 1 aromatic carbocycles. The van der Waals surface area contributed by atoms with Crippen LogP contribution in [0.4, 0.5) is 0 Å². The van der Waals surface area contributed by atoms with E-state index >= 15 is 0 Å². The number of ketones is 1. The molecule has 0 atom stereocenters. The molecule has 0 aliphatic heterocycles. The Morgan fingerprint density at radius 3 is 2.67 bits per heavy atom. The lowest BCUT2D eigenvalue weighted by atomic mass is 10.0. The Morgan fingerprint density at radius 1 is 1.20 bits per heavy atom. The summed E-state index contributed by atoms with van der Waals surface area (Å²) >= 11 is 0. The average Bonchev–Trinajstić information content (AvgIpc) is 2.62. The van der Waals surface area contributed by atoms with Crippen LogP contribution in [0.25, 0.3) is 0 Å². The van der Waals surface area contributed by atoms with E-state index < -0.39 is 0 Å². The van der Waals surface area contributed by atoms with Crippen molar-refractivity contribution in [2.24, 2.45) is 0 Å². The normalized spacial score (nSPS) is 13.5. The molecule has 0 bridgehead atoms. The van der Waals surface area contributed by atoms with Crippen LogP contribution in [0.2, 0.25) is 0 Å². The molecule has 0 spiro atoms. The van der Waals surface area contributed by atoms with Crippen molar-refractivity contribution >= 4 is 5.78 Å². The van der Waals surface area contributed by atoms with Crippen LogP contribution < -0.4 is 0 Å². The van der Waals surface area contributed by atoms with Crippen LogP contribution in [0, 0.1) is 0 Å². The number of aryl methyl sites for hydroxylation is 2. The van der Waals surface area contributed by atoms with Crippen molar-refractivity contribution in [3.8, 4) is 0 Å². The number of rotatable bonds is 2. The Labute approximate surface area is 90.8 Å². The van der Waals surface area contributed by atoms with Crippen LogP contribution in [-0.2, 0) is 12.8 Å². The zero-order valence-corrected chi connectivity index (χ0v) is 9.34. The summed E-state index contributed by atoms with van der Waals surface area (Å²) in [6.45, 7) is 3.90. The van der Waals surface area contributed by atoms with E-state index in [1.807, 2.05) is 19.9 Å². The molecule has 1 aromatic rings. The van der Waals surface area contributed by atoms with Gasteiger partial charge in [0, 0.05) is 5.56 Å². The van der Waals surface area contributed by atoms with E-state index in [1.54, 1.807) is 6.08 Å². The van der Waals surface area contributed by atoms with Crippen LogP contribution in [-0.4, -0.2) is 5.78 Å². The number of fused-ring (bicyclic) bond motifs is 1. The van der Waals surface area contributed by atoms with Gasteiger partial charge in [0.1, 0.15) is 0 Å². The first-order valence-corrected chi connectivity index (χ1v) is 5.48. The van der Waals surface area contributed by atoms with Gasteiger partial charge in [-0.1, -0.05) is 17.7 Å².